The van der Waals surface area contributed by atoms with Crippen molar-refractivity contribution in [2.75, 3.05) is 20.2 Å². The Labute approximate surface area is 163 Å². The highest BCUT2D eigenvalue weighted by Gasteiger charge is 2.15. The molecule has 140 valence electrons. The third-order valence-electron chi connectivity index (χ3n) is 3.63. The van der Waals surface area contributed by atoms with E-state index in [1.165, 1.54) is 27.6 Å². The van der Waals surface area contributed by atoms with E-state index in [9.17, 15) is 14.4 Å². The minimum absolute atomic E-state index is 0.286. The second kappa shape index (κ2) is 8.74. The second-order valence-electron chi connectivity index (χ2n) is 5.65. The number of likely N-dealkylation sites (N-methyl/N-ethyl adjacent to an activating group) is 1. The number of rotatable bonds is 7. The van der Waals surface area contributed by atoms with Crippen molar-refractivity contribution < 1.29 is 19.1 Å². The Morgan fingerprint density at radius 1 is 1.19 bits per heavy atom. The molecule has 0 saturated carbocycles. The molecule has 0 radical (unpaired) electrons. The van der Waals surface area contributed by atoms with E-state index in [-0.39, 0.29) is 25.0 Å². The minimum atomic E-state index is -0.665. The van der Waals surface area contributed by atoms with Crippen LogP contribution >= 0.6 is 22.7 Å². The number of thiazole rings is 1. The van der Waals surface area contributed by atoms with Crippen LogP contribution in [0.25, 0.3) is 10.2 Å². The number of hydrogen-bond acceptors (Lipinski definition) is 7. The first-order chi connectivity index (χ1) is 13.0. The van der Waals surface area contributed by atoms with Gasteiger partial charge in [0, 0.05) is 7.05 Å². The van der Waals surface area contributed by atoms with Crippen molar-refractivity contribution in [2.45, 2.75) is 6.54 Å². The van der Waals surface area contributed by atoms with Gasteiger partial charge in [-0.05, 0) is 23.6 Å². The van der Waals surface area contributed by atoms with Gasteiger partial charge in [0.2, 0.25) is 0 Å². The van der Waals surface area contributed by atoms with Crippen molar-refractivity contribution in [2.24, 2.45) is 0 Å². The molecule has 0 saturated heterocycles. The molecule has 0 fully saturated rings. The molecule has 1 aromatic carbocycles. The van der Waals surface area contributed by atoms with Crippen LogP contribution < -0.4 is 5.32 Å². The molecule has 7 nitrogen and oxygen atoms in total. The molecule has 0 atom stereocenters. The summed E-state index contributed by atoms with van der Waals surface area (Å²) in [6, 6.07) is 11.2. The van der Waals surface area contributed by atoms with Crippen molar-refractivity contribution in [3.05, 3.63) is 51.7 Å². The molecule has 0 aliphatic carbocycles. The number of esters is 1. The molecule has 0 unspecified atom stereocenters. The zero-order valence-electron chi connectivity index (χ0n) is 14.5. The van der Waals surface area contributed by atoms with Gasteiger partial charge in [0.05, 0.1) is 21.6 Å². The number of thiophene rings is 1. The lowest BCUT2D eigenvalue weighted by Crippen LogP contribution is -2.34. The van der Waals surface area contributed by atoms with Gasteiger partial charge in [-0.2, -0.15) is 0 Å². The number of para-hydroxylation sites is 1. The lowest BCUT2D eigenvalue weighted by molar-refractivity contribution is -0.150. The van der Waals surface area contributed by atoms with Gasteiger partial charge in [0.25, 0.3) is 11.8 Å². The SMILES string of the molecule is CN(Cc1nc2ccccc2s1)C(=O)COC(=O)CNC(=O)c1cccs1. The van der Waals surface area contributed by atoms with Gasteiger partial charge in [0.1, 0.15) is 11.6 Å². The van der Waals surface area contributed by atoms with Gasteiger partial charge in [-0.3, -0.25) is 14.4 Å². The van der Waals surface area contributed by atoms with E-state index in [0.717, 1.165) is 15.2 Å². The molecule has 2 aromatic heterocycles. The predicted molar refractivity (Wildman–Crippen MR) is 104 cm³/mol. The summed E-state index contributed by atoms with van der Waals surface area (Å²) < 4.78 is 5.99. The lowest BCUT2D eigenvalue weighted by Gasteiger charge is -2.15. The van der Waals surface area contributed by atoms with Gasteiger partial charge in [0.15, 0.2) is 6.61 Å². The molecular weight excluding hydrogens is 386 g/mol. The number of benzene rings is 1. The number of ether oxygens (including phenoxy) is 1. The van der Waals surface area contributed by atoms with E-state index in [1.807, 2.05) is 24.3 Å². The summed E-state index contributed by atoms with van der Waals surface area (Å²) in [6.07, 6.45) is 0. The van der Waals surface area contributed by atoms with Crippen molar-refractivity contribution in [3.63, 3.8) is 0 Å². The van der Waals surface area contributed by atoms with Crippen LogP contribution in [0.3, 0.4) is 0 Å². The maximum atomic E-state index is 12.1. The van der Waals surface area contributed by atoms with Gasteiger partial charge < -0.3 is 15.0 Å². The Balaban J connectivity index is 1.42. The summed E-state index contributed by atoms with van der Waals surface area (Å²) in [5, 5.41) is 5.03. The molecule has 27 heavy (non-hydrogen) atoms. The number of fused-ring (bicyclic) bond motifs is 1. The number of carbonyl (C=O) groups excluding carboxylic acids is 3. The van der Waals surface area contributed by atoms with Crippen molar-refractivity contribution in [3.8, 4) is 0 Å². The van der Waals surface area contributed by atoms with E-state index in [1.54, 1.807) is 24.6 Å². The van der Waals surface area contributed by atoms with Crippen molar-refractivity contribution >= 4 is 50.7 Å². The monoisotopic (exact) mass is 403 g/mol. The van der Waals surface area contributed by atoms with E-state index in [4.69, 9.17) is 4.74 Å². The zero-order chi connectivity index (χ0) is 19.2. The molecule has 3 rings (SSSR count). The Hall–Kier alpha value is -2.78. The third kappa shape index (κ3) is 5.11. The van der Waals surface area contributed by atoms with Gasteiger partial charge in [-0.15, -0.1) is 22.7 Å². The Kier molecular flexibility index (Phi) is 6.15. The highest BCUT2D eigenvalue weighted by atomic mass is 32.1. The molecule has 0 spiro atoms. The van der Waals surface area contributed by atoms with E-state index in [0.29, 0.717) is 11.4 Å². The Morgan fingerprint density at radius 3 is 2.74 bits per heavy atom. The van der Waals surface area contributed by atoms with Gasteiger partial charge >= 0.3 is 5.97 Å². The van der Waals surface area contributed by atoms with E-state index < -0.39 is 5.97 Å². The summed E-state index contributed by atoms with van der Waals surface area (Å²) in [5.74, 6) is -1.35. The molecule has 0 bridgehead atoms. The largest absolute Gasteiger partial charge is 0.454 e. The van der Waals surface area contributed by atoms with Crippen LogP contribution in [0.2, 0.25) is 0 Å². The number of nitrogens with one attached hydrogen (secondary N) is 1. The van der Waals surface area contributed by atoms with E-state index >= 15 is 0 Å². The summed E-state index contributed by atoms with van der Waals surface area (Å²) >= 11 is 2.80. The lowest BCUT2D eigenvalue weighted by atomic mass is 10.3. The third-order valence-corrected chi connectivity index (χ3v) is 5.52. The molecule has 3 aromatic rings. The Morgan fingerprint density at radius 2 is 2.00 bits per heavy atom. The number of nitrogens with zero attached hydrogens (tertiary/aromatic N) is 2. The summed E-state index contributed by atoms with van der Waals surface area (Å²) in [4.78, 5) is 42.0. The maximum absolute atomic E-state index is 12.1. The smallest absolute Gasteiger partial charge is 0.325 e. The first kappa shape index (κ1) is 19.0. The molecule has 0 aliphatic rings. The molecule has 1 N–H and O–H groups in total. The van der Waals surface area contributed by atoms with Crippen LogP contribution in [0, 0.1) is 0 Å². The van der Waals surface area contributed by atoms with Crippen LogP contribution in [0.1, 0.15) is 14.7 Å². The molecular formula is C18H17N3O4S2. The quantitative estimate of drug-likeness (QED) is 0.612. The van der Waals surface area contributed by atoms with Crippen molar-refractivity contribution in [1.29, 1.82) is 0 Å². The van der Waals surface area contributed by atoms with Gasteiger partial charge in [-0.25, -0.2) is 4.98 Å². The number of carbonyl (C=O) groups is 3. The van der Waals surface area contributed by atoms with Crippen molar-refractivity contribution in [1.82, 2.24) is 15.2 Å². The second-order valence-corrected chi connectivity index (χ2v) is 7.71. The first-order valence-electron chi connectivity index (χ1n) is 8.08. The average Bonchev–Trinajstić information content (AvgIpc) is 3.33. The minimum Gasteiger partial charge on any atom is -0.454 e. The fourth-order valence-corrected chi connectivity index (χ4v) is 3.89. The number of hydrogen-bond donors (Lipinski definition) is 1. The van der Waals surface area contributed by atoms with Gasteiger partial charge in [-0.1, -0.05) is 18.2 Å². The van der Waals surface area contributed by atoms with Crippen LogP contribution in [0.4, 0.5) is 0 Å². The average molecular weight is 403 g/mol. The molecule has 0 aliphatic heterocycles. The summed E-state index contributed by atoms with van der Waals surface area (Å²) in [5.41, 5.74) is 0.895. The molecule has 2 amide bonds. The predicted octanol–water partition coefficient (Wildman–Crippen LogP) is 2.29. The van der Waals surface area contributed by atoms with Crippen LogP contribution in [0.5, 0.6) is 0 Å². The normalized spacial score (nSPS) is 10.6. The number of aromatic nitrogens is 1. The highest BCUT2D eigenvalue weighted by molar-refractivity contribution is 7.18. The molecule has 2 heterocycles. The topological polar surface area (TPSA) is 88.6 Å². The standard InChI is InChI=1S/C18H17N3O4S2/c1-21(10-15-20-12-5-2-3-6-13(12)27-15)16(22)11-25-17(23)9-19-18(24)14-7-4-8-26-14/h2-8H,9-11H2,1H3,(H,19,24). The van der Waals surface area contributed by atoms with Crippen LogP contribution in [0.15, 0.2) is 41.8 Å². The fourth-order valence-electron chi connectivity index (χ4n) is 2.23. The number of amides is 2. The molecule has 9 heteroatoms. The maximum Gasteiger partial charge on any atom is 0.325 e. The van der Waals surface area contributed by atoms with E-state index in [2.05, 4.69) is 10.3 Å². The Bertz CT molecular complexity index is 920. The zero-order valence-corrected chi connectivity index (χ0v) is 16.1. The summed E-state index contributed by atoms with van der Waals surface area (Å²) in [6.45, 7) is -0.328. The summed E-state index contributed by atoms with van der Waals surface area (Å²) in [7, 11) is 1.63. The highest BCUT2D eigenvalue weighted by Crippen LogP contribution is 2.22. The van der Waals surface area contributed by atoms with Crippen LogP contribution in [-0.2, 0) is 20.9 Å². The fraction of sp³-hybridized carbons (Fsp3) is 0.222. The van der Waals surface area contributed by atoms with Crippen LogP contribution in [-0.4, -0.2) is 47.9 Å². The first-order valence-corrected chi connectivity index (χ1v) is 9.78.